The minimum absolute atomic E-state index is 0.639. The van der Waals surface area contributed by atoms with Crippen LogP contribution in [0.5, 0.6) is 0 Å². The fourth-order valence-corrected chi connectivity index (χ4v) is 2.21. The fourth-order valence-electron chi connectivity index (χ4n) is 2.21. The van der Waals surface area contributed by atoms with Crippen molar-refractivity contribution in [3.05, 3.63) is 35.4 Å². The zero-order valence-corrected chi connectivity index (χ0v) is 9.37. The van der Waals surface area contributed by atoms with Gasteiger partial charge >= 0.3 is 0 Å². The molecule has 3 N–H and O–H groups in total. The molecule has 1 aromatic rings. The molecule has 0 aromatic heterocycles. The van der Waals surface area contributed by atoms with Gasteiger partial charge < -0.3 is 11.1 Å². The summed E-state index contributed by atoms with van der Waals surface area (Å²) in [4.78, 5) is 0. The first-order valence-electron chi connectivity index (χ1n) is 5.82. The zero-order valence-electron chi connectivity index (χ0n) is 9.37. The Morgan fingerprint density at radius 3 is 2.53 bits per heavy atom. The van der Waals surface area contributed by atoms with E-state index in [9.17, 15) is 0 Å². The summed E-state index contributed by atoms with van der Waals surface area (Å²) in [6.45, 7) is 4.01. The van der Waals surface area contributed by atoms with E-state index >= 15 is 0 Å². The Labute approximate surface area is 91.9 Å². The van der Waals surface area contributed by atoms with Crippen molar-refractivity contribution in [2.45, 2.75) is 38.3 Å². The molecule has 15 heavy (non-hydrogen) atoms. The lowest BCUT2D eigenvalue weighted by atomic mass is 9.89. The van der Waals surface area contributed by atoms with Crippen LogP contribution in [-0.4, -0.2) is 12.6 Å². The molecule has 0 spiro atoms. The number of rotatable bonds is 2. The first-order chi connectivity index (χ1) is 7.29. The van der Waals surface area contributed by atoms with E-state index in [-0.39, 0.29) is 0 Å². The average Bonchev–Trinajstić information content (AvgIpc) is 2.30. The zero-order chi connectivity index (χ0) is 10.7. The molecule has 0 amide bonds. The van der Waals surface area contributed by atoms with Gasteiger partial charge in [-0.3, -0.25) is 0 Å². The minimum Gasteiger partial charge on any atom is -0.326 e. The number of nitrogens with one attached hydrogen (secondary N) is 1. The summed E-state index contributed by atoms with van der Waals surface area (Å²) < 4.78 is 0. The molecule has 0 radical (unpaired) electrons. The summed E-state index contributed by atoms with van der Waals surface area (Å²) in [6, 6.07) is 9.43. The van der Waals surface area contributed by atoms with Gasteiger partial charge in [0.1, 0.15) is 0 Å². The molecule has 2 nitrogen and oxygen atoms in total. The Balaban J connectivity index is 2.03. The number of benzene rings is 1. The van der Waals surface area contributed by atoms with Crippen molar-refractivity contribution in [3.8, 4) is 0 Å². The molecular formula is C13H20N2. The molecule has 1 saturated heterocycles. The van der Waals surface area contributed by atoms with Gasteiger partial charge in [0.15, 0.2) is 0 Å². The molecule has 1 aromatic carbocycles. The van der Waals surface area contributed by atoms with Crippen LogP contribution in [0.3, 0.4) is 0 Å². The average molecular weight is 204 g/mol. The second-order valence-electron chi connectivity index (χ2n) is 4.53. The maximum absolute atomic E-state index is 5.58. The molecule has 1 heterocycles. The molecule has 0 bridgehead atoms. The topological polar surface area (TPSA) is 38.0 Å². The van der Waals surface area contributed by atoms with Crippen LogP contribution in [0.4, 0.5) is 0 Å². The number of nitrogens with two attached hydrogens (primary N) is 1. The molecule has 0 saturated carbocycles. The molecule has 0 aliphatic carbocycles. The largest absolute Gasteiger partial charge is 0.326 e. The summed E-state index contributed by atoms with van der Waals surface area (Å²) in [5.41, 5.74) is 8.25. The third-order valence-electron chi connectivity index (χ3n) is 3.35. The van der Waals surface area contributed by atoms with Gasteiger partial charge in [0.2, 0.25) is 0 Å². The van der Waals surface area contributed by atoms with Gasteiger partial charge in [0.05, 0.1) is 0 Å². The van der Waals surface area contributed by atoms with Crippen molar-refractivity contribution in [2.24, 2.45) is 5.73 Å². The van der Waals surface area contributed by atoms with Crippen LogP contribution in [0, 0.1) is 0 Å². The molecule has 1 aliphatic heterocycles. The van der Waals surface area contributed by atoms with Gasteiger partial charge in [-0.15, -0.1) is 0 Å². The predicted molar refractivity (Wildman–Crippen MR) is 63.8 cm³/mol. The second-order valence-corrected chi connectivity index (χ2v) is 4.53. The molecule has 2 heteroatoms. The summed E-state index contributed by atoms with van der Waals surface area (Å²) in [6.07, 6.45) is 2.58. The molecular weight excluding hydrogens is 184 g/mol. The standard InChI is InChI=1S/C13H20N2/c1-10-2-5-13(9-15-10)12-6-3-11(8-14)4-7-12/h3-4,6-7,10,13,15H,2,5,8-9,14H2,1H3. The van der Waals surface area contributed by atoms with E-state index in [2.05, 4.69) is 36.5 Å². The van der Waals surface area contributed by atoms with Crippen molar-refractivity contribution in [3.63, 3.8) is 0 Å². The normalized spacial score (nSPS) is 26.5. The maximum Gasteiger partial charge on any atom is 0.0178 e. The van der Waals surface area contributed by atoms with Crippen LogP contribution in [0.2, 0.25) is 0 Å². The smallest absolute Gasteiger partial charge is 0.0178 e. The summed E-state index contributed by atoms with van der Waals surface area (Å²) in [5.74, 6) is 0.688. The van der Waals surface area contributed by atoms with E-state index in [1.165, 1.54) is 24.0 Å². The lowest BCUT2D eigenvalue weighted by Crippen LogP contribution is -2.35. The third kappa shape index (κ3) is 2.58. The van der Waals surface area contributed by atoms with E-state index in [0.29, 0.717) is 18.5 Å². The highest BCUT2D eigenvalue weighted by molar-refractivity contribution is 5.26. The van der Waals surface area contributed by atoms with Gasteiger partial charge in [-0.25, -0.2) is 0 Å². The predicted octanol–water partition coefficient (Wildman–Crippen LogP) is 2.00. The molecule has 2 atom stereocenters. The Hall–Kier alpha value is -0.860. The van der Waals surface area contributed by atoms with Gasteiger partial charge in [-0.1, -0.05) is 24.3 Å². The quantitative estimate of drug-likeness (QED) is 0.773. The van der Waals surface area contributed by atoms with Crippen LogP contribution in [0.15, 0.2) is 24.3 Å². The summed E-state index contributed by atoms with van der Waals surface area (Å²) in [7, 11) is 0. The van der Waals surface area contributed by atoms with Crippen molar-refractivity contribution in [1.82, 2.24) is 5.32 Å². The van der Waals surface area contributed by atoms with Crippen LogP contribution in [0.1, 0.15) is 36.8 Å². The molecule has 1 aliphatic rings. The van der Waals surface area contributed by atoms with Gasteiger partial charge in [0, 0.05) is 19.1 Å². The molecule has 82 valence electrons. The Bertz CT molecular complexity index is 297. The van der Waals surface area contributed by atoms with E-state index in [4.69, 9.17) is 5.73 Å². The van der Waals surface area contributed by atoms with E-state index < -0.39 is 0 Å². The summed E-state index contributed by atoms with van der Waals surface area (Å²) >= 11 is 0. The SMILES string of the molecule is CC1CCC(c2ccc(CN)cc2)CN1. The highest BCUT2D eigenvalue weighted by Gasteiger charge is 2.18. The first kappa shape index (κ1) is 10.7. The van der Waals surface area contributed by atoms with Crippen LogP contribution >= 0.6 is 0 Å². The van der Waals surface area contributed by atoms with Crippen LogP contribution in [0.25, 0.3) is 0 Å². The molecule has 2 rings (SSSR count). The lowest BCUT2D eigenvalue weighted by molar-refractivity contribution is 0.385. The maximum atomic E-state index is 5.58. The van der Waals surface area contributed by atoms with Gasteiger partial charge in [0.25, 0.3) is 0 Å². The highest BCUT2D eigenvalue weighted by atomic mass is 14.9. The first-order valence-corrected chi connectivity index (χ1v) is 5.82. The number of piperidine rings is 1. The monoisotopic (exact) mass is 204 g/mol. The van der Waals surface area contributed by atoms with Crippen molar-refractivity contribution in [1.29, 1.82) is 0 Å². The number of hydrogen-bond donors (Lipinski definition) is 2. The van der Waals surface area contributed by atoms with E-state index in [1.54, 1.807) is 0 Å². The van der Waals surface area contributed by atoms with Crippen molar-refractivity contribution >= 4 is 0 Å². The second kappa shape index (κ2) is 4.77. The number of hydrogen-bond acceptors (Lipinski definition) is 2. The highest BCUT2D eigenvalue weighted by Crippen LogP contribution is 2.25. The lowest BCUT2D eigenvalue weighted by Gasteiger charge is -2.28. The van der Waals surface area contributed by atoms with Gasteiger partial charge in [-0.2, -0.15) is 0 Å². The summed E-state index contributed by atoms with van der Waals surface area (Å²) in [5, 5.41) is 3.53. The molecule has 1 fully saturated rings. The van der Waals surface area contributed by atoms with E-state index in [1.807, 2.05) is 0 Å². The third-order valence-corrected chi connectivity index (χ3v) is 3.35. The Morgan fingerprint density at radius 1 is 1.27 bits per heavy atom. The van der Waals surface area contributed by atoms with Crippen LogP contribution < -0.4 is 11.1 Å². The molecule has 2 unspecified atom stereocenters. The Kier molecular flexibility index (Phi) is 3.39. The van der Waals surface area contributed by atoms with E-state index in [0.717, 1.165) is 6.54 Å². The van der Waals surface area contributed by atoms with Crippen LogP contribution in [-0.2, 0) is 6.54 Å². The van der Waals surface area contributed by atoms with Crippen molar-refractivity contribution < 1.29 is 0 Å². The Morgan fingerprint density at radius 2 is 2.00 bits per heavy atom. The minimum atomic E-state index is 0.639. The van der Waals surface area contributed by atoms with Gasteiger partial charge in [-0.05, 0) is 36.8 Å². The fraction of sp³-hybridized carbons (Fsp3) is 0.538. The van der Waals surface area contributed by atoms with Crippen molar-refractivity contribution in [2.75, 3.05) is 6.54 Å².